The lowest BCUT2D eigenvalue weighted by Crippen LogP contribution is -2.22. The lowest BCUT2D eigenvalue weighted by atomic mass is 9.79. The third-order valence-corrected chi connectivity index (χ3v) is 7.00. The lowest BCUT2D eigenvalue weighted by molar-refractivity contribution is 0.469. The molecule has 2 aliphatic rings. The summed E-state index contributed by atoms with van der Waals surface area (Å²) in [6.45, 7) is 0. The zero-order chi connectivity index (χ0) is 20.6. The second-order valence-electron chi connectivity index (χ2n) is 8.71. The molecule has 4 aromatic carbocycles. The Labute approximate surface area is 184 Å². The quantitative estimate of drug-likeness (QED) is 0.349. The van der Waals surface area contributed by atoms with Gasteiger partial charge in [-0.2, -0.15) is 0 Å². The van der Waals surface area contributed by atoms with Crippen LogP contribution in [0.15, 0.2) is 126 Å². The third kappa shape index (κ3) is 3.21. The van der Waals surface area contributed by atoms with E-state index in [9.17, 15) is 0 Å². The minimum atomic E-state index is 0.133. The highest BCUT2D eigenvalue weighted by Gasteiger charge is 2.61. The van der Waals surface area contributed by atoms with Gasteiger partial charge in [0, 0.05) is 17.5 Å². The first-order valence-electron chi connectivity index (χ1n) is 11.2. The van der Waals surface area contributed by atoms with Crippen molar-refractivity contribution in [3.63, 3.8) is 0 Å². The number of fused-ring (bicyclic) bond motifs is 1. The summed E-state index contributed by atoms with van der Waals surface area (Å²) in [5, 5.41) is 0. The predicted octanol–water partition coefficient (Wildman–Crippen LogP) is 7.04. The first-order valence-corrected chi connectivity index (χ1v) is 11.2. The van der Waals surface area contributed by atoms with Gasteiger partial charge in [-0.3, -0.25) is 4.99 Å². The van der Waals surface area contributed by atoms with E-state index in [1.807, 2.05) is 0 Å². The van der Waals surface area contributed by atoms with Crippen LogP contribution in [-0.4, -0.2) is 5.71 Å². The normalized spacial score (nSPS) is 26.6. The van der Waals surface area contributed by atoms with E-state index in [1.165, 1.54) is 28.0 Å². The molecule has 0 amide bonds. The van der Waals surface area contributed by atoms with Crippen molar-refractivity contribution in [2.24, 2.45) is 16.8 Å². The van der Waals surface area contributed by atoms with Gasteiger partial charge in [-0.15, -0.1) is 0 Å². The Hall–Kier alpha value is -3.45. The van der Waals surface area contributed by atoms with Gasteiger partial charge >= 0.3 is 0 Å². The average molecular weight is 400 g/mol. The summed E-state index contributed by atoms with van der Waals surface area (Å²) in [7, 11) is 0. The molecule has 1 aliphatic heterocycles. The molecule has 0 radical (unpaired) electrons. The maximum atomic E-state index is 5.50. The van der Waals surface area contributed by atoms with Gasteiger partial charge in [0.25, 0.3) is 0 Å². The molecule has 0 bridgehead atoms. The average Bonchev–Trinajstić information content (AvgIpc) is 3.61. The van der Waals surface area contributed by atoms with Crippen LogP contribution in [0.5, 0.6) is 0 Å². The molecule has 0 N–H and O–H groups in total. The van der Waals surface area contributed by atoms with Gasteiger partial charge in [-0.1, -0.05) is 121 Å². The minimum Gasteiger partial charge on any atom is -0.280 e. The highest BCUT2D eigenvalue weighted by molar-refractivity contribution is 6.06. The number of benzene rings is 4. The van der Waals surface area contributed by atoms with Crippen molar-refractivity contribution in [2.45, 2.75) is 17.9 Å². The van der Waals surface area contributed by atoms with Crippen molar-refractivity contribution in [1.29, 1.82) is 0 Å². The van der Waals surface area contributed by atoms with E-state index in [-0.39, 0.29) is 6.04 Å². The van der Waals surface area contributed by atoms with Crippen LogP contribution in [0.3, 0.4) is 0 Å². The molecule has 1 nitrogen and oxygen atoms in total. The minimum absolute atomic E-state index is 0.133. The van der Waals surface area contributed by atoms with E-state index < -0.39 is 0 Å². The van der Waals surface area contributed by atoms with E-state index in [0.29, 0.717) is 23.7 Å². The summed E-state index contributed by atoms with van der Waals surface area (Å²) in [6, 6.07) is 43.9. The summed E-state index contributed by atoms with van der Waals surface area (Å²) in [5.41, 5.74) is 6.70. The second-order valence-corrected chi connectivity index (χ2v) is 8.71. The Bertz CT molecular complexity index is 1180. The van der Waals surface area contributed by atoms with Crippen molar-refractivity contribution in [3.05, 3.63) is 144 Å². The standard InChI is InChI=1S/C30H25N/c1-5-13-21(14-6-1)25-27-26(22-15-7-2-8-16-22)29(23-17-9-3-10-18-23)31-30(28(25)27)24-19-11-4-12-20-24/h1-20,25-29H/t25-,26-,27-,28+,29-/m1/s1. The monoisotopic (exact) mass is 399 g/mol. The number of hydrogen-bond acceptors (Lipinski definition) is 1. The molecular formula is C30H25N. The molecule has 1 heterocycles. The highest BCUT2D eigenvalue weighted by Crippen LogP contribution is 2.67. The molecule has 4 aromatic rings. The summed E-state index contributed by atoms with van der Waals surface area (Å²) in [4.78, 5) is 5.50. The van der Waals surface area contributed by atoms with Crippen LogP contribution in [0.4, 0.5) is 0 Å². The molecule has 150 valence electrons. The Morgan fingerprint density at radius 2 is 0.871 bits per heavy atom. The zero-order valence-corrected chi connectivity index (χ0v) is 17.4. The van der Waals surface area contributed by atoms with Crippen molar-refractivity contribution in [3.8, 4) is 0 Å². The summed E-state index contributed by atoms with van der Waals surface area (Å²) in [5.74, 6) is 1.92. The van der Waals surface area contributed by atoms with Gasteiger partial charge in [-0.05, 0) is 34.1 Å². The largest absolute Gasteiger partial charge is 0.280 e. The molecule has 0 unspecified atom stereocenters. The van der Waals surface area contributed by atoms with Crippen LogP contribution >= 0.6 is 0 Å². The van der Waals surface area contributed by atoms with E-state index in [0.717, 1.165) is 0 Å². The smallest absolute Gasteiger partial charge is 0.0824 e. The van der Waals surface area contributed by atoms with Gasteiger partial charge in [-0.25, -0.2) is 0 Å². The molecule has 1 aliphatic carbocycles. The molecule has 1 heteroatoms. The number of rotatable bonds is 4. The third-order valence-electron chi connectivity index (χ3n) is 7.00. The summed E-state index contributed by atoms with van der Waals surface area (Å²) >= 11 is 0. The number of nitrogens with zero attached hydrogens (tertiary/aromatic N) is 1. The van der Waals surface area contributed by atoms with E-state index in [1.54, 1.807) is 0 Å². The Morgan fingerprint density at radius 1 is 0.419 bits per heavy atom. The second kappa shape index (κ2) is 7.67. The maximum Gasteiger partial charge on any atom is 0.0824 e. The first-order chi connectivity index (χ1) is 15.4. The van der Waals surface area contributed by atoms with Crippen LogP contribution in [0.2, 0.25) is 0 Å². The number of aliphatic imine (C=N–C) groups is 1. The fourth-order valence-corrected chi connectivity index (χ4v) is 5.65. The van der Waals surface area contributed by atoms with Crippen molar-refractivity contribution >= 4 is 5.71 Å². The van der Waals surface area contributed by atoms with Crippen molar-refractivity contribution in [2.75, 3.05) is 0 Å². The summed E-state index contributed by atoms with van der Waals surface area (Å²) in [6.07, 6.45) is 0. The molecule has 6 rings (SSSR count). The van der Waals surface area contributed by atoms with Crippen LogP contribution in [0.25, 0.3) is 0 Å². The van der Waals surface area contributed by atoms with Crippen molar-refractivity contribution < 1.29 is 0 Å². The van der Waals surface area contributed by atoms with Gasteiger partial charge in [0.05, 0.1) is 6.04 Å². The molecule has 0 saturated heterocycles. The fraction of sp³-hybridized carbons (Fsp3) is 0.167. The van der Waals surface area contributed by atoms with Crippen LogP contribution in [0, 0.1) is 11.8 Å². The van der Waals surface area contributed by atoms with Gasteiger partial charge < -0.3 is 0 Å². The van der Waals surface area contributed by atoms with Gasteiger partial charge in [0.1, 0.15) is 0 Å². The summed E-state index contributed by atoms with van der Waals surface area (Å²) < 4.78 is 0. The van der Waals surface area contributed by atoms with Crippen LogP contribution in [0.1, 0.15) is 40.1 Å². The molecule has 1 saturated carbocycles. The molecule has 0 spiro atoms. The first kappa shape index (κ1) is 18.3. The molecule has 31 heavy (non-hydrogen) atoms. The van der Waals surface area contributed by atoms with Gasteiger partial charge in [0.2, 0.25) is 0 Å². The Kier molecular flexibility index (Phi) is 4.53. The SMILES string of the molecule is c1ccc(C2=N[C@H](c3ccccc3)[C@H](c3ccccc3)[C@@H]3[C@@H]2[C@@H]3c2ccccc2)cc1. The Morgan fingerprint density at radius 3 is 1.42 bits per heavy atom. The molecule has 1 fully saturated rings. The fourth-order valence-electron chi connectivity index (χ4n) is 5.65. The van der Waals surface area contributed by atoms with E-state index >= 15 is 0 Å². The molecule has 5 atom stereocenters. The molecular weight excluding hydrogens is 374 g/mol. The zero-order valence-electron chi connectivity index (χ0n) is 17.4. The number of hydrogen-bond donors (Lipinski definition) is 0. The van der Waals surface area contributed by atoms with Crippen molar-refractivity contribution in [1.82, 2.24) is 0 Å². The predicted molar refractivity (Wildman–Crippen MR) is 128 cm³/mol. The van der Waals surface area contributed by atoms with Crippen LogP contribution in [-0.2, 0) is 0 Å². The lowest BCUT2D eigenvalue weighted by Gasteiger charge is -2.30. The maximum absolute atomic E-state index is 5.50. The van der Waals surface area contributed by atoms with Gasteiger partial charge in [0.15, 0.2) is 0 Å². The topological polar surface area (TPSA) is 12.4 Å². The Balaban J connectivity index is 1.54. The highest BCUT2D eigenvalue weighted by atomic mass is 14.9. The molecule has 0 aromatic heterocycles. The van der Waals surface area contributed by atoms with E-state index in [2.05, 4.69) is 121 Å². The van der Waals surface area contributed by atoms with Crippen LogP contribution < -0.4 is 0 Å². The van der Waals surface area contributed by atoms with E-state index in [4.69, 9.17) is 4.99 Å².